The van der Waals surface area contributed by atoms with Crippen molar-refractivity contribution in [1.82, 2.24) is 0 Å². The van der Waals surface area contributed by atoms with Crippen LogP contribution in [0.1, 0.15) is 82.2 Å². The van der Waals surface area contributed by atoms with Crippen molar-refractivity contribution in [2.45, 2.75) is 80.6 Å². The summed E-state index contributed by atoms with van der Waals surface area (Å²) in [5.74, 6) is 0.555. The summed E-state index contributed by atoms with van der Waals surface area (Å²) in [7, 11) is 0. The number of allylic oxidation sites excluding steroid dienone is 1. The second kappa shape index (κ2) is 9.93. The fourth-order valence-corrected chi connectivity index (χ4v) is 3.62. The van der Waals surface area contributed by atoms with E-state index in [9.17, 15) is 0 Å². The van der Waals surface area contributed by atoms with Gasteiger partial charge < -0.3 is 0 Å². The van der Waals surface area contributed by atoms with Gasteiger partial charge in [-0.25, -0.2) is 6.08 Å². The molecule has 2 aromatic carbocycles. The zero-order valence-electron chi connectivity index (χ0n) is 17.9. The maximum atomic E-state index is 3.49. The van der Waals surface area contributed by atoms with Crippen molar-refractivity contribution < 1.29 is 25.8 Å². The van der Waals surface area contributed by atoms with Gasteiger partial charge in [0.25, 0.3) is 0 Å². The van der Waals surface area contributed by atoms with E-state index in [2.05, 4.69) is 79.7 Å². The average molecular weight is 513 g/mol. The number of unbranched alkanes of at least 4 members (excludes halogenated alkanes) is 1. The Morgan fingerprint density at radius 1 is 0.923 bits per heavy atom. The minimum atomic E-state index is 0. The van der Waals surface area contributed by atoms with Crippen LogP contribution in [-0.4, -0.2) is 0 Å². The van der Waals surface area contributed by atoms with Crippen molar-refractivity contribution in [3.05, 3.63) is 68.3 Å². The number of aryl methyl sites for hydroxylation is 2. The first-order valence-electron chi connectivity index (χ1n) is 9.67. The second-order valence-corrected chi connectivity index (χ2v) is 7.70. The SMILES string of the molecule is CCCCC1[C-]=Cc2cc(C)c(C)cc21.Cc1c(C)c(C)[c-](C)c1C.[Hf]. The van der Waals surface area contributed by atoms with Crippen LogP contribution in [-0.2, 0) is 25.8 Å². The molecule has 1 unspecified atom stereocenters. The van der Waals surface area contributed by atoms with Crippen LogP contribution < -0.4 is 0 Å². The van der Waals surface area contributed by atoms with Crippen molar-refractivity contribution in [1.29, 1.82) is 0 Å². The van der Waals surface area contributed by atoms with E-state index in [0.29, 0.717) is 5.92 Å². The fraction of sp³-hybridized carbons (Fsp3) is 0.480. The van der Waals surface area contributed by atoms with Crippen LogP contribution in [0.25, 0.3) is 6.08 Å². The van der Waals surface area contributed by atoms with Gasteiger partial charge in [-0.2, -0.15) is 33.4 Å². The van der Waals surface area contributed by atoms with Crippen LogP contribution in [0.2, 0.25) is 0 Å². The zero-order chi connectivity index (χ0) is 18.7. The summed E-state index contributed by atoms with van der Waals surface area (Å²) in [6.07, 6.45) is 9.49. The fourth-order valence-electron chi connectivity index (χ4n) is 3.62. The molecule has 3 rings (SSSR count). The first-order chi connectivity index (χ1) is 11.8. The number of rotatable bonds is 3. The van der Waals surface area contributed by atoms with Gasteiger partial charge in [-0.05, 0) is 13.8 Å². The molecule has 0 saturated heterocycles. The maximum Gasteiger partial charge on any atom is 0 e. The van der Waals surface area contributed by atoms with E-state index in [1.807, 2.05) is 0 Å². The van der Waals surface area contributed by atoms with Crippen LogP contribution in [0, 0.1) is 54.5 Å². The summed E-state index contributed by atoms with van der Waals surface area (Å²) in [5, 5.41) is 0. The largest absolute Gasteiger partial charge is 0.268 e. The van der Waals surface area contributed by atoms with E-state index >= 15 is 0 Å². The first-order valence-corrected chi connectivity index (χ1v) is 9.67. The van der Waals surface area contributed by atoms with E-state index < -0.39 is 0 Å². The van der Waals surface area contributed by atoms with Crippen molar-refractivity contribution in [3.8, 4) is 0 Å². The third kappa shape index (κ3) is 4.91. The Balaban J connectivity index is 0.000000270. The Morgan fingerprint density at radius 3 is 1.92 bits per heavy atom. The molecule has 0 fully saturated rings. The number of benzene rings is 1. The Kier molecular flexibility index (Phi) is 8.86. The van der Waals surface area contributed by atoms with E-state index in [-0.39, 0.29) is 25.8 Å². The quantitative estimate of drug-likeness (QED) is 0.298. The van der Waals surface area contributed by atoms with Gasteiger partial charge in [0.15, 0.2) is 0 Å². The normalized spacial score (nSPS) is 14.5. The summed E-state index contributed by atoms with van der Waals surface area (Å²) < 4.78 is 0. The van der Waals surface area contributed by atoms with Crippen LogP contribution in [0.5, 0.6) is 0 Å². The summed E-state index contributed by atoms with van der Waals surface area (Å²) in [5.41, 5.74) is 13.0. The Hall–Kier alpha value is -0.820. The molecule has 0 amide bonds. The predicted molar refractivity (Wildman–Crippen MR) is 112 cm³/mol. The summed E-state index contributed by atoms with van der Waals surface area (Å²) >= 11 is 0. The van der Waals surface area contributed by atoms with Gasteiger partial charge in [0.05, 0.1) is 0 Å². The summed E-state index contributed by atoms with van der Waals surface area (Å²) in [6.45, 7) is 17.6. The molecule has 0 aliphatic heterocycles. The standard InChI is InChI=1S/C15H19.C10H15.Hf/c1-4-5-6-13-7-8-14-9-11(2)12(3)10-15(13)14;1-6-7(2)9(4)10(5)8(6)3;/h8-10,13H,4-6H2,1-3H3;1-5H3;/q2*-1;. The minimum Gasteiger partial charge on any atom is -0.268 e. The molecule has 0 radical (unpaired) electrons. The first kappa shape index (κ1) is 23.2. The Bertz CT molecular complexity index is 694. The van der Waals surface area contributed by atoms with Crippen LogP contribution in [0.4, 0.5) is 0 Å². The third-order valence-electron chi connectivity index (χ3n) is 6.17. The Labute approximate surface area is 180 Å². The van der Waals surface area contributed by atoms with E-state index in [1.165, 1.54) is 69.3 Å². The molecule has 0 N–H and O–H groups in total. The van der Waals surface area contributed by atoms with Gasteiger partial charge in [-0.3, -0.25) is 6.08 Å². The molecule has 1 heteroatoms. The molecule has 1 atom stereocenters. The molecule has 2 aromatic rings. The molecule has 0 bridgehead atoms. The summed E-state index contributed by atoms with van der Waals surface area (Å²) in [6, 6.07) is 4.64. The molecule has 26 heavy (non-hydrogen) atoms. The molecule has 140 valence electrons. The number of hydrogen-bond acceptors (Lipinski definition) is 0. The van der Waals surface area contributed by atoms with Crippen molar-refractivity contribution in [3.63, 3.8) is 0 Å². The summed E-state index contributed by atoms with van der Waals surface area (Å²) in [4.78, 5) is 0. The van der Waals surface area contributed by atoms with Crippen molar-refractivity contribution >= 4 is 6.08 Å². The molecule has 1 aliphatic carbocycles. The third-order valence-corrected chi connectivity index (χ3v) is 6.17. The number of hydrogen-bond donors (Lipinski definition) is 0. The number of fused-ring (bicyclic) bond motifs is 1. The Morgan fingerprint density at radius 2 is 1.46 bits per heavy atom. The van der Waals surface area contributed by atoms with Crippen LogP contribution in [0.15, 0.2) is 12.1 Å². The second-order valence-electron chi connectivity index (χ2n) is 7.70. The van der Waals surface area contributed by atoms with Gasteiger partial charge >= 0.3 is 0 Å². The van der Waals surface area contributed by atoms with Gasteiger partial charge in [0, 0.05) is 25.8 Å². The topological polar surface area (TPSA) is 0 Å². The predicted octanol–water partition coefficient (Wildman–Crippen LogP) is 7.35. The maximum absolute atomic E-state index is 3.49. The van der Waals surface area contributed by atoms with E-state index in [0.717, 1.165) is 0 Å². The van der Waals surface area contributed by atoms with E-state index in [4.69, 9.17) is 0 Å². The van der Waals surface area contributed by atoms with E-state index in [1.54, 1.807) is 0 Å². The molecule has 0 saturated carbocycles. The van der Waals surface area contributed by atoms with Crippen LogP contribution >= 0.6 is 0 Å². The van der Waals surface area contributed by atoms with Crippen molar-refractivity contribution in [2.75, 3.05) is 0 Å². The van der Waals surface area contributed by atoms with Crippen LogP contribution in [0.3, 0.4) is 0 Å². The molecular formula is C25H34Hf-2. The average Bonchev–Trinajstić information content (AvgIpc) is 3.05. The molecule has 0 aromatic heterocycles. The van der Waals surface area contributed by atoms with Gasteiger partial charge in [-0.1, -0.05) is 83.9 Å². The molecule has 0 heterocycles. The molecule has 0 spiro atoms. The molecule has 0 nitrogen and oxygen atoms in total. The van der Waals surface area contributed by atoms with Gasteiger partial charge in [0.1, 0.15) is 0 Å². The molecular weight excluding hydrogens is 479 g/mol. The monoisotopic (exact) mass is 514 g/mol. The zero-order valence-corrected chi connectivity index (χ0v) is 21.5. The molecule has 1 aliphatic rings. The van der Waals surface area contributed by atoms with Crippen molar-refractivity contribution in [2.24, 2.45) is 0 Å². The van der Waals surface area contributed by atoms with Gasteiger partial charge in [0.2, 0.25) is 0 Å². The van der Waals surface area contributed by atoms with Gasteiger partial charge in [-0.15, -0.1) is 11.6 Å². The smallest absolute Gasteiger partial charge is 0 e. The minimum absolute atomic E-state index is 0.